The van der Waals surface area contributed by atoms with Crippen LogP contribution in [0.2, 0.25) is 6.32 Å². The number of quaternary nitrogens is 1. The standard InChI is InChI=1S/C10H10BN2O6/c12-9(14)6-2-1-5-3-4-11(16,17)19-8(5)7(6)10(15)13-18/h1-2,16-17H,3-4H2,(H2,12,14)/q-1/p+1. The highest BCUT2D eigenvalue weighted by Gasteiger charge is 2.33. The van der Waals surface area contributed by atoms with Crippen LogP contribution >= 0.6 is 0 Å². The van der Waals surface area contributed by atoms with Crippen LogP contribution in [-0.2, 0) is 6.42 Å². The van der Waals surface area contributed by atoms with Crippen molar-refractivity contribution in [2.24, 2.45) is 5.18 Å². The van der Waals surface area contributed by atoms with Crippen molar-refractivity contribution in [1.29, 1.82) is 0 Å². The zero-order valence-electron chi connectivity index (χ0n) is 9.83. The lowest BCUT2D eigenvalue weighted by Gasteiger charge is -2.37. The average molecular weight is 266 g/mol. The maximum atomic E-state index is 11.5. The van der Waals surface area contributed by atoms with Crippen molar-refractivity contribution in [2.45, 2.75) is 12.7 Å². The molecular weight excluding hydrogens is 255 g/mol. The summed E-state index contributed by atoms with van der Waals surface area (Å²) in [4.78, 5) is 33.3. The second-order valence-corrected chi connectivity index (χ2v) is 4.31. The molecule has 19 heavy (non-hydrogen) atoms. The summed E-state index contributed by atoms with van der Waals surface area (Å²) in [5.74, 6) is -2.09. The van der Waals surface area contributed by atoms with Crippen LogP contribution in [0.3, 0.4) is 0 Å². The summed E-state index contributed by atoms with van der Waals surface area (Å²) in [7, 11) is 0. The molecule has 1 aromatic rings. The number of nitroso groups, excluding NO2 is 1. The normalized spacial score (nSPS) is 16.2. The van der Waals surface area contributed by atoms with Crippen LogP contribution in [0.5, 0.6) is 5.75 Å². The number of amides is 2. The Morgan fingerprint density at radius 1 is 1.37 bits per heavy atom. The number of hydrogen-bond donors (Lipinski definition) is 3. The summed E-state index contributed by atoms with van der Waals surface area (Å²) in [5.41, 5.74) is 3.14. The molecule has 1 heterocycles. The van der Waals surface area contributed by atoms with Crippen molar-refractivity contribution >= 4 is 18.6 Å². The van der Waals surface area contributed by atoms with E-state index in [-0.39, 0.29) is 29.6 Å². The molecule has 1 aliphatic heterocycles. The lowest BCUT2D eigenvalue weighted by atomic mass is 9.70. The summed E-state index contributed by atoms with van der Waals surface area (Å²) in [6.45, 7) is -3.11. The van der Waals surface area contributed by atoms with E-state index in [2.05, 4.69) is 10.9 Å². The van der Waals surface area contributed by atoms with E-state index in [0.717, 1.165) is 0 Å². The minimum atomic E-state index is -3.11. The third-order valence-corrected chi connectivity index (χ3v) is 2.93. The molecule has 5 N–H and O–H groups in total. The molecule has 0 saturated carbocycles. The fraction of sp³-hybridized carbons (Fsp3) is 0.200. The van der Waals surface area contributed by atoms with Crippen LogP contribution in [-0.4, -0.2) is 28.6 Å². The van der Waals surface area contributed by atoms with Crippen LogP contribution in [0, 0.1) is 4.91 Å². The van der Waals surface area contributed by atoms with E-state index < -0.39 is 18.6 Å². The monoisotopic (exact) mass is 266 g/mol. The van der Waals surface area contributed by atoms with Gasteiger partial charge in [0.05, 0.1) is 16.9 Å². The van der Waals surface area contributed by atoms with E-state index in [1.165, 1.54) is 12.1 Å². The highest BCUT2D eigenvalue weighted by molar-refractivity contribution is 6.59. The van der Waals surface area contributed by atoms with Crippen molar-refractivity contribution in [2.75, 3.05) is 0 Å². The van der Waals surface area contributed by atoms with Crippen molar-refractivity contribution in [3.8, 4) is 5.75 Å². The minimum Gasteiger partial charge on any atom is -0.669 e. The third kappa shape index (κ3) is 2.39. The topological polar surface area (TPSA) is 141 Å². The predicted octanol–water partition coefficient (Wildman–Crippen LogP) is -1.17. The first-order chi connectivity index (χ1) is 8.85. The highest BCUT2D eigenvalue weighted by atomic mass is 16.6. The molecule has 8 nitrogen and oxygen atoms in total. The first kappa shape index (κ1) is 13.3. The van der Waals surface area contributed by atoms with Gasteiger partial charge in [0.2, 0.25) is 0 Å². The fourth-order valence-corrected chi connectivity index (χ4v) is 2.04. The molecule has 9 heteroatoms. The van der Waals surface area contributed by atoms with Gasteiger partial charge in [0.15, 0.2) is 0 Å². The summed E-state index contributed by atoms with van der Waals surface area (Å²) >= 11 is 0. The van der Waals surface area contributed by atoms with Gasteiger partial charge in [-0.25, -0.2) is 4.79 Å². The molecule has 0 saturated heterocycles. The molecule has 1 aromatic carbocycles. The third-order valence-electron chi connectivity index (χ3n) is 2.93. The Morgan fingerprint density at radius 2 is 2.05 bits per heavy atom. The molecule has 0 unspecified atom stereocenters. The van der Waals surface area contributed by atoms with Crippen molar-refractivity contribution in [3.63, 3.8) is 0 Å². The van der Waals surface area contributed by atoms with E-state index in [1.807, 2.05) is 0 Å². The van der Waals surface area contributed by atoms with Crippen molar-refractivity contribution in [1.82, 2.24) is 0 Å². The Kier molecular flexibility index (Phi) is 3.19. The van der Waals surface area contributed by atoms with Crippen LogP contribution in [0.4, 0.5) is 0 Å². The molecule has 0 bridgehead atoms. The number of carbonyl (C=O) groups is 2. The second-order valence-electron chi connectivity index (χ2n) is 4.31. The van der Waals surface area contributed by atoms with Crippen LogP contribution in [0.1, 0.15) is 26.3 Å². The predicted molar refractivity (Wildman–Crippen MR) is 63.1 cm³/mol. The molecule has 2 rings (SSSR count). The number of fused-ring (bicyclic) bond motifs is 1. The maximum absolute atomic E-state index is 11.5. The molecule has 0 aliphatic carbocycles. The first-order valence-corrected chi connectivity index (χ1v) is 5.55. The van der Waals surface area contributed by atoms with Crippen LogP contribution in [0.15, 0.2) is 17.3 Å². The van der Waals surface area contributed by atoms with E-state index in [0.29, 0.717) is 5.56 Å². The highest BCUT2D eigenvalue weighted by Crippen LogP contribution is 2.35. The second kappa shape index (κ2) is 4.54. The molecular formula is C10H11BN2O6. The number of aryl methyl sites for hydroxylation is 1. The minimum absolute atomic E-state index is 0.0349. The molecule has 0 radical (unpaired) electrons. The van der Waals surface area contributed by atoms with E-state index in [1.54, 1.807) is 0 Å². The lowest BCUT2D eigenvalue weighted by Crippen LogP contribution is -2.57. The smallest absolute Gasteiger partial charge is 0.430 e. The molecule has 1 aliphatic rings. The average Bonchev–Trinajstić information content (AvgIpc) is 2.35. The Bertz CT molecular complexity index is 586. The number of rotatable bonds is 2. The van der Waals surface area contributed by atoms with Gasteiger partial charge in [0.1, 0.15) is 0 Å². The quantitative estimate of drug-likeness (QED) is 0.455. The molecule has 0 fully saturated rings. The summed E-state index contributed by atoms with van der Waals surface area (Å²) in [6, 6.07) is 2.85. The van der Waals surface area contributed by atoms with Gasteiger partial charge in [-0.3, -0.25) is 10.5 Å². The number of nitrogens with zero attached hydrogens (tertiary/aromatic N) is 1. The van der Waals surface area contributed by atoms with Gasteiger partial charge in [0, 0.05) is 5.18 Å². The lowest BCUT2D eigenvalue weighted by molar-refractivity contribution is -0.255. The Balaban J connectivity index is 2.68. The van der Waals surface area contributed by atoms with E-state index >= 15 is 0 Å². The van der Waals surface area contributed by atoms with Crippen LogP contribution < -0.4 is 10.4 Å². The van der Waals surface area contributed by atoms with Crippen molar-refractivity contribution < 1.29 is 30.0 Å². The zero-order valence-corrected chi connectivity index (χ0v) is 9.83. The number of benzene rings is 1. The zero-order chi connectivity index (χ0) is 14.2. The molecule has 100 valence electrons. The molecule has 0 aromatic heterocycles. The largest absolute Gasteiger partial charge is 0.669 e. The van der Waals surface area contributed by atoms with Gasteiger partial charge in [0.25, 0.3) is 0 Å². The van der Waals surface area contributed by atoms with Gasteiger partial charge in [-0.05, 0) is 18.1 Å². The maximum Gasteiger partial charge on any atom is 0.430 e. The van der Waals surface area contributed by atoms with Gasteiger partial charge in [-0.1, -0.05) is 12.4 Å². The molecule has 0 atom stereocenters. The first-order valence-electron chi connectivity index (χ1n) is 5.55. The Morgan fingerprint density at radius 3 is 2.63 bits per heavy atom. The van der Waals surface area contributed by atoms with Gasteiger partial charge >= 0.3 is 18.6 Å². The van der Waals surface area contributed by atoms with Gasteiger partial charge < -0.3 is 14.7 Å². The van der Waals surface area contributed by atoms with Crippen LogP contribution in [0.25, 0.3) is 0 Å². The Labute approximate surface area is 107 Å². The van der Waals surface area contributed by atoms with Gasteiger partial charge in [-0.15, -0.1) is 4.91 Å². The number of carbonyl (C=O) groups excluding carboxylic acids is 2. The van der Waals surface area contributed by atoms with E-state index in [9.17, 15) is 24.5 Å². The fourth-order valence-electron chi connectivity index (χ4n) is 2.04. The summed E-state index contributed by atoms with van der Waals surface area (Å²) < 4.78 is 4.94. The molecule has 2 amide bonds. The summed E-state index contributed by atoms with van der Waals surface area (Å²) in [6.07, 6.45) is 0.208. The Hall–Kier alpha value is -2.10. The SMILES string of the molecule is [NH3+]C(=O)c1ccc2c(c1C(=O)N=O)O[B-](O)(O)CC2. The summed E-state index contributed by atoms with van der Waals surface area (Å²) in [5, 5.41) is 21.3. The molecule has 0 spiro atoms. The van der Waals surface area contributed by atoms with Crippen molar-refractivity contribution in [3.05, 3.63) is 33.7 Å². The number of hydrogen-bond acceptors (Lipinski definition) is 6. The van der Waals surface area contributed by atoms with E-state index in [4.69, 9.17) is 4.65 Å². The van der Waals surface area contributed by atoms with Gasteiger partial charge in [-0.2, -0.15) is 0 Å².